The Kier molecular flexibility index (Phi) is 3.81. The predicted molar refractivity (Wildman–Crippen MR) is 69.5 cm³/mol. The van der Waals surface area contributed by atoms with Gasteiger partial charge >= 0.3 is 6.03 Å². The molecule has 0 radical (unpaired) electrons. The van der Waals surface area contributed by atoms with Crippen LogP contribution in [0.15, 0.2) is 12.1 Å². The van der Waals surface area contributed by atoms with Crippen LogP contribution in [0.5, 0.6) is 0 Å². The number of aromatic nitrogens is 1. The van der Waals surface area contributed by atoms with Crippen LogP contribution in [0.4, 0.5) is 10.6 Å². The number of rotatable bonds is 1. The summed E-state index contributed by atoms with van der Waals surface area (Å²) in [5.41, 5.74) is 1.94. The highest BCUT2D eigenvalue weighted by atomic mass is 16.3. The van der Waals surface area contributed by atoms with Crippen molar-refractivity contribution in [1.82, 2.24) is 9.88 Å². The molecule has 5 nitrogen and oxygen atoms in total. The minimum atomic E-state index is -0.406. The largest absolute Gasteiger partial charge is 0.391 e. The van der Waals surface area contributed by atoms with Crippen LogP contribution in [-0.2, 0) is 0 Å². The van der Waals surface area contributed by atoms with Gasteiger partial charge in [0, 0.05) is 18.8 Å². The number of anilines is 1. The molecule has 0 unspecified atom stereocenters. The first kappa shape index (κ1) is 12.8. The molecular weight excluding hydrogens is 230 g/mol. The number of nitrogens with zero attached hydrogens (tertiary/aromatic N) is 2. The van der Waals surface area contributed by atoms with Gasteiger partial charge in [0.05, 0.1) is 6.10 Å². The van der Waals surface area contributed by atoms with E-state index < -0.39 is 6.10 Å². The van der Waals surface area contributed by atoms with Crippen molar-refractivity contribution in [3.63, 3.8) is 0 Å². The van der Waals surface area contributed by atoms with Crippen LogP contribution >= 0.6 is 0 Å². The second-order valence-corrected chi connectivity index (χ2v) is 4.84. The minimum absolute atomic E-state index is 0.189. The lowest BCUT2D eigenvalue weighted by atomic mass is 10.1. The van der Waals surface area contributed by atoms with E-state index in [0.717, 1.165) is 24.1 Å². The van der Waals surface area contributed by atoms with Gasteiger partial charge in [0.25, 0.3) is 0 Å². The Morgan fingerprint density at radius 3 is 2.94 bits per heavy atom. The van der Waals surface area contributed by atoms with Crippen molar-refractivity contribution in [2.45, 2.75) is 32.8 Å². The van der Waals surface area contributed by atoms with Crippen LogP contribution in [-0.4, -0.2) is 40.2 Å². The number of piperidine rings is 1. The summed E-state index contributed by atoms with van der Waals surface area (Å²) in [5.74, 6) is 0.567. The highest BCUT2D eigenvalue weighted by molar-refractivity contribution is 5.88. The molecule has 0 aliphatic carbocycles. The molecule has 0 saturated carbocycles. The number of aliphatic hydroxyl groups excluding tert-OH is 1. The van der Waals surface area contributed by atoms with Crippen LogP contribution in [0.3, 0.4) is 0 Å². The first-order valence-corrected chi connectivity index (χ1v) is 6.24. The number of urea groups is 1. The molecule has 1 aliphatic heterocycles. The molecule has 2 N–H and O–H groups in total. The first-order chi connectivity index (χ1) is 8.54. The molecule has 1 atom stereocenters. The fraction of sp³-hybridized carbons (Fsp3) is 0.538. The number of carbonyl (C=O) groups is 1. The topological polar surface area (TPSA) is 65.5 Å². The fourth-order valence-corrected chi connectivity index (χ4v) is 2.23. The van der Waals surface area contributed by atoms with Crippen LogP contribution in [0.1, 0.15) is 24.1 Å². The second kappa shape index (κ2) is 5.35. The normalized spacial score (nSPS) is 19.7. The number of β-amino-alcohol motifs (C(OH)–C–C–N with tert-alkyl or cyclic N) is 1. The van der Waals surface area contributed by atoms with E-state index in [0.29, 0.717) is 18.9 Å². The number of hydrogen-bond acceptors (Lipinski definition) is 3. The van der Waals surface area contributed by atoms with E-state index in [2.05, 4.69) is 10.3 Å². The lowest BCUT2D eigenvalue weighted by Crippen LogP contribution is -2.44. The van der Waals surface area contributed by atoms with Crippen molar-refractivity contribution >= 4 is 11.8 Å². The highest BCUT2D eigenvalue weighted by Gasteiger charge is 2.22. The molecule has 1 saturated heterocycles. The van der Waals surface area contributed by atoms with Gasteiger partial charge in [-0.25, -0.2) is 9.78 Å². The van der Waals surface area contributed by atoms with E-state index in [1.54, 1.807) is 4.90 Å². The Morgan fingerprint density at radius 2 is 2.28 bits per heavy atom. The van der Waals surface area contributed by atoms with Gasteiger partial charge in [-0.2, -0.15) is 0 Å². The quantitative estimate of drug-likeness (QED) is 0.796. The maximum atomic E-state index is 12.0. The molecule has 1 fully saturated rings. The van der Waals surface area contributed by atoms with Crippen molar-refractivity contribution in [2.75, 3.05) is 18.4 Å². The molecule has 18 heavy (non-hydrogen) atoms. The van der Waals surface area contributed by atoms with Gasteiger partial charge in [0.2, 0.25) is 0 Å². The summed E-state index contributed by atoms with van der Waals surface area (Å²) in [6.07, 6.45) is 1.21. The molecule has 2 rings (SSSR count). The molecule has 98 valence electrons. The monoisotopic (exact) mass is 249 g/mol. The van der Waals surface area contributed by atoms with Crippen molar-refractivity contribution in [3.8, 4) is 0 Å². The molecular formula is C13H19N3O2. The summed E-state index contributed by atoms with van der Waals surface area (Å²) in [6.45, 7) is 4.95. The smallest absolute Gasteiger partial charge is 0.323 e. The number of carbonyl (C=O) groups excluding carboxylic acids is 1. The number of aryl methyl sites for hydroxylation is 2. The molecule has 1 aromatic rings. The second-order valence-electron chi connectivity index (χ2n) is 4.84. The summed E-state index contributed by atoms with van der Waals surface area (Å²) in [6, 6.07) is 3.61. The molecule has 0 spiro atoms. The Hall–Kier alpha value is -1.62. The summed E-state index contributed by atoms with van der Waals surface area (Å²) in [5, 5.41) is 12.3. The number of amides is 2. The van der Waals surface area contributed by atoms with Crippen LogP contribution in [0.2, 0.25) is 0 Å². The third-order valence-corrected chi connectivity index (χ3v) is 3.02. The summed E-state index contributed by atoms with van der Waals surface area (Å²) >= 11 is 0. The lowest BCUT2D eigenvalue weighted by molar-refractivity contribution is 0.0883. The first-order valence-electron chi connectivity index (χ1n) is 6.24. The Bertz CT molecular complexity index is 428. The molecule has 1 aromatic heterocycles. The van der Waals surface area contributed by atoms with Crippen LogP contribution in [0.25, 0.3) is 0 Å². The third kappa shape index (κ3) is 3.20. The van der Waals surface area contributed by atoms with E-state index in [9.17, 15) is 9.90 Å². The van der Waals surface area contributed by atoms with E-state index in [4.69, 9.17) is 0 Å². The molecule has 2 heterocycles. The maximum absolute atomic E-state index is 12.0. The number of aliphatic hydroxyl groups is 1. The predicted octanol–water partition coefficient (Wildman–Crippen LogP) is 1.69. The SMILES string of the molecule is Cc1cc(C)nc(NC(=O)N2CCC[C@@H](O)C2)c1. The van der Waals surface area contributed by atoms with Gasteiger partial charge in [-0.1, -0.05) is 0 Å². The van der Waals surface area contributed by atoms with Gasteiger partial charge in [-0.15, -0.1) is 0 Å². The fourth-order valence-electron chi connectivity index (χ4n) is 2.23. The zero-order valence-electron chi connectivity index (χ0n) is 10.8. The Balaban J connectivity index is 2.02. The van der Waals surface area contributed by atoms with Crippen molar-refractivity contribution in [3.05, 3.63) is 23.4 Å². The average molecular weight is 249 g/mol. The maximum Gasteiger partial charge on any atom is 0.323 e. The van der Waals surface area contributed by atoms with Gasteiger partial charge in [-0.3, -0.25) is 5.32 Å². The molecule has 5 heteroatoms. The van der Waals surface area contributed by atoms with Crippen molar-refractivity contribution < 1.29 is 9.90 Å². The van der Waals surface area contributed by atoms with Crippen LogP contribution < -0.4 is 5.32 Å². The average Bonchev–Trinajstić information content (AvgIpc) is 2.27. The van der Waals surface area contributed by atoms with Crippen LogP contribution in [0, 0.1) is 13.8 Å². The van der Waals surface area contributed by atoms with Crippen molar-refractivity contribution in [1.29, 1.82) is 0 Å². The lowest BCUT2D eigenvalue weighted by Gasteiger charge is -2.30. The van der Waals surface area contributed by atoms with Crippen molar-refractivity contribution in [2.24, 2.45) is 0 Å². The van der Waals surface area contributed by atoms with Gasteiger partial charge in [0.15, 0.2) is 0 Å². The van der Waals surface area contributed by atoms with E-state index >= 15 is 0 Å². The van der Waals surface area contributed by atoms with Gasteiger partial charge in [-0.05, 0) is 44.4 Å². The number of nitrogens with one attached hydrogen (secondary N) is 1. The Morgan fingerprint density at radius 1 is 1.50 bits per heavy atom. The van der Waals surface area contributed by atoms with E-state index in [1.807, 2.05) is 26.0 Å². The minimum Gasteiger partial charge on any atom is -0.391 e. The zero-order chi connectivity index (χ0) is 13.1. The molecule has 1 aliphatic rings. The standard InChI is InChI=1S/C13H19N3O2/c1-9-6-10(2)14-12(7-9)15-13(18)16-5-3-4-11(17)8-16/h6-7,11,17H,3-5,8H2,1-2H3,(H,14,15,18)/t11-/m1/s1. The number of hydrogen-bond donors (Lipinski definition) is 2. The van der Waals surface area contributed by atoms with Gasteiger partial charge in [0.1, 0.15) is 5.82 Å². The Labute approximate surface area is 107 Å². The number of pyridine rings is 1. The van der Waals surface area contributed by atoms with Gasteiger partial charge < -0.3 is 10.0 Å². The summed E-state index contributed by atoms with van der Waals surface area (Å²) in [4.78, 5) is 17.9. The van der Waals surface area contributed by atoms with E-state index in [-0.39, 0.29) is 6.03 Å². The molecule has 0 bridgehead atoms. The summed E-state index contributed by atoms with van der Waals surface area (Å²) in [7, 11) is 0. The third-order valence-electron chi connectivity index (χ3n) is 3.02. The summed E-state index contributed by atoms with van der Waals surface area (Å²) < 4.78 is 0. The molecule has 0 aromatic carbocycles. The van der Waals surface area contributed by atoms with E-state index in [1.165, 1.54) is 0 Å². The highest BCUT2D eigenvalue weighted by Crippen LogP contribution is 2.13. The molecule has 2 amide bonds. The number of likely N-dealkylation sites (tertiary alicyclic amines) is 1. The zero-order valence-corrected chi connectivity index (χ0v) is 10.8.